The number of benzene rings is 2. The molecule has 112 valence electrons. The molecule has 0 aliphatic carbocycles. The molecule has 0 saturated carbocycles. The summed E-state index contributed by atoms with van der Waals surface area (Å²) in [6.45, 7) is 1.91. The van der Waals surface area contributed by atoms with Gasteiger partial charge in [-0.3, -0.25) is 0 Å². The van der Waals surface area contributed by atoms with Gasteiger partial charge < -0.3 is 0 Å². The fourth-order valence-corrected chi connectivity index (χ4v) is 4.19. The number of hydrogen-bond donors (Lipinski definition) is 0. The molecule has 0 aliphatic heterocycles. The van der Waals surface area contributed by atoms with E-state index in [2.05, 4.69) is 3.98 Å². The minimum atomic E-state index is -4.41. The third-order valence-electron chi connectivity index (χ3n) is 3.34. The molecule has 0 N–H and O–H groups in total. The van der Waals surface area contributed by atoms with E-state index in [0.29, 0.717) is 15.6 Å². The number of aryl methyl sites for hydroxylation is 1. The summed E-state index contributed by atoms with van der Waals surface area (Å²) < 4.78 is 45.3. The van der Waals surface area contributed by atoms with Crippen molar-refractivity contribution in [3.63, 3.8) is 0 Å². The second kappa shape index (κ2) is 5.75. The van der Waals surface area contributed by atoms with E-state index in [9.17, 15) is 13.2 Å². The third-order valence-corrected chi connectivity index (χ3v) is 5.22. The maximum atomic E-state index is 13.6. The van der Waals surface area contributed by atoms with Crippen LogP contribution in [0, 0.1) is 6.92 Å². The summed E-state index contributed by atoms with van der Waals surface area (Å²) in [6.07, 6.45) is -4.41. The Morgan fingerprint density at radius 2 is 1.50 bits per heavy atom. The van der Waals surface area contributed by atoms with Crippen LogP contribution in [0.25, 0.3) is 21.3 Å². The van der Waals surface area contributed by atoms with Gasteiger partial charge in [0.05, 0.1) is 0 Å². The number of alkyl halides is 3. The molecule has 22 heavy (non-hydrogen) atoms. The van der Waals surface area contributed by atoms with Gasteiger partial charge in [-0.25, -0.2) is 0 Å². The summed E-state index contributed by atoms with van der Waals surface area (Å²) >= 11 is -0.564. The summed E-state index contributed by atoms with van der Waals surface area (Å²) in [5.74, 6) is 0. The third kappa shape index (κ3) is 2.87. The van der Waals surface area contributed by atoms with Crippen molar-refractivity contribution in [2.45, 2.75) is 13.1 Å². The monoisotopic (exact) mass is 367 g/mol. The van der Waals surface area contributed by atoms with Crippen LogP contribution in [0.4, 0.5) is 13.2 Å². The van der Waals surface area contributed by atoms with E-state index in [-0.39, 0.29) is 5.69 Å². The van der Waals surface area contributed by atoms with E-state index in [1.165, 1.54) is 0 Å². The van der Waals surface area contributed by atoms with Gasteiger partial charge >= 0.3 is 132 Å². The van der Waals surface area contributed by atoms with Gasteiger partial charge in [-0.15, -0.1) is 0 Å². The molecule has 1 heterocycles. The van der Waals surface area contributed by atoms with Crippen molar-refractivity contribution in [2.75, 3.05) is 0 Å². The molecule has 1 aromatic heterocycles. The zero-order valence-electron chi connectivity index (χ0n) is 11.7. The van der Waals surface area contributed by atoms with Crippen LogP contribution < -0.4 is 0 Å². The number of aromatic nitrogens is 1. The van der Waals surface area contributed by atoms with Crippen molar-refractivity contribution >= 4 is 14.7 Å². The Morgan fingerprint density at radius 3 is 2.09 bits per heavy atom. The summed E-state index contributed by atoms with van der Waals surface area (Å²) in [6, 6.07) is 15.7. The first kappa shape index (κ1) is 15.1. The van der Waals surface area contributed by atoms with Crippen LogP contribution in [-0.2, 0) is 6.18 Å². The molecule has 0 saturated heterocycles. The molecular weight excluding hydrogens is 354 g/mol. The van der Waals surface area contributed by atoms with E-state index >= 15 is 0 Å². The van der Waals surface area contributed by atoms with Gasteiger partial charge in [-0.05, 0) is 0 Å². The van der Waals surface area contributed by atoms with Crippen LogP contribution >= 0.6 is 0 Å². The first-order valence-corrected chi connectivity index (χ1v) is 8.28. The second-order valence-electron chi connectivity index (χ2n) is 4.97. The number of hydrogen-bond acceptors (Lipinski definition) is 1. The molecule has 0 aliphatic rings. The Hall–Kier alpha value is -1.84. The maximum absolute atomic E-state index is 13.6. The van der Waals surface area contributed by atoms with Crippen molar-refractivity contribution in [1.29, 1.82) is 0 Å². The molecule has 3 aromatic rings. The zero-order chi connectivity index (χ0) is 15.7. The minimum absolute atomic E-state index is 0.0590. The summed E-state index contributed by atoms with van der Waals surface area (Å²) in [5, 5.41) is 0. The van der Waals surface area contributed by atoms with Crippen molar-refractivity contribution in [1.82, 2.24) is 3.98 Å². The Bertz CT molecular complexity index is 774. The molecule has 0 bridgehead atoms. The van der Waals surface area contributed by atoms with Gasteiger partial charge in [0, 0.05) is 0 Å². The first-order chi connectivity index (χ1) is 10.5. The molecule has 0 atom stereocenters. The standard InChI is InChI=1S/C17H12F3NSe/c1-11-7-9-13(10-8-11)16-14(17(18,19)20)15(21-22-16)12-5-3-2-4-6-12/h2-10H,1H3. The van der Waals surface area contributed by atoms with Crippen LogP contribution in [0.15, 0.2) is 54.6 Å². The number of nitrogens with zero attached hydrogens (tertiary/aromatic N) is 1. The molecule has 0 amide bonds. The Morgan fingerprint density at radius 1 is 0.864 bits per heavy atom. The van der Waals surface area contributed by atoms with Gasteiger partial charge in [0.2, 0.25) is 0 Å². The molecular formula is C17H12F3NSe. The summed E-state index contributed by atoms with van der Waals surface area (Å²) in [4.78, 5) is 0. The average molecular weight is 366 g/mol. The molecule has 0 unspecified atom stereocenters. The molecule has 1 nitrogen and oxygen atoms in total. The van der Waals surface area contributed by atoms with Gasteiger partial charge in [0.15, 0.2) is 0 Å². The predicted octanol–water partition coefficient (Wildman–Crippen LogP) is 4.80. The van der Waals surface area contributed by atoms with Crippen LogP contribution in [-0.4, -0.2) is 18.7 Å². The average Bonchev–Trinajstić information content (AvgIpc) is 2.94. The van der Waals surface area contributed by atoms with Crippen molar-refractivity contribution in [3.05, 3.63) is 65.7 Å². The fraction of sp³-hybridized carbons (Fsp3) is 0.118. The van der Waals surface area contributed by atoms with Crippen LogP contribution in [0.3, 0.4) is 0 Å². The fourth-order valence-electron chi connectivity index (χ4n) is 2.25. The van der Waals surface area contributed by atoms with Crippen LogP contribution in [0.2, 0.25) is 0 Å². The normalized spacial score (nSPS) is 11.6. The first-order valence-electron chi connectivity index (χ1n) is 6.66. The quantitative estimate of drug-likeness (QED) is 0.594. The molecule has 0 fully saturated rings. The SMILES string of the molecule is Cc1ccc(-c2[se]nc(-c3ccccc3)c2C(F)(F)F)cc1. The van der Waals surface area contributed by atoms with Gasteiger partial charge in [-0.2, -0.15) is 0 Å². The van der Waals surface area contributed by atoms with Crippen LogP contribution in [0.5, 0.6) is 0 Å². The molecule has 2 aromatic carbocycles. The number of rotatable bonds is 2. The molecule has 0 spiro atoms. The van der Waals surface area contributed by atoms with E-state index in [1.807, 2.05) is 19.1 Å². The Balaban J connectivity index is 2.20. The van der Waals surface area contributed by atoms with E-state index in [4.69, 9.17) is 0 Å². The Kier molecular flexibility index (Phi) is 3.94. The van der Waals surface area contributed by atoms with Crippen LogP contribution in [0.1, 0.15) is 11.1 Å². The van der Waals surface area contributed by atoms with Crippen molar-refractivity contribution < 1.29 is 13.2 Å². The predicted molar refractivity (Wildman–Crippen MR) is 81.8 cm³/mol. The number of halogens is 3. The molecule has 5 heteroatoms. The topological polar surface area (TPSA) is 12.9 Å². The summed E-state index contributed by atoms with van der Waals surface area (Å²) in [5.41, 5.74) is 1.60. The van der Waals surface area contributed by atoms with E-state index < -0.39 is 26.5 Å². The van der Waals surface area contributed by atoms with Gasteiger partial charge in [0.25, 0.3) is 0 Å². The molecule has 3 rings (SSSR count). The second-order valence-corrected chi connectivity index (χ2v) is 6.59. The van der Waals surface area contributed by atoms with Crippen molar-refractivity contribution in [3.8, 4) is 21.3 Å². The summed E-state index contributed by atoms with van der Waals surface area (Å²) in [7, 11) is 0. The molecule has 0 radical (unpaired) electrons. The van der Waals surface area contributed by atoms with Gasteiger partial charge in [0.1, 0.15) is 0 Å². The zero-order valence-corrected chi connectivity index (χ0v) is 13.4. The van der Waals surface area contributed by atoms with Crippen molar-refractivity contribution in [2.24, 2.45) is 0 Å². The van der Waals surface area contributed by atoms with E-state index in [1.54, 1.807) is 42.5 Å². The Labute approximate surface area is 132 Å². The van der Waals surface area contributed by atoms with Gasteiger partial charge in [-0.1, -0.05) is 0 Å². The van der Waals surface area contributed by atoms with E-state index in [0.717, 1.165) is 5.56 Å².